The first-order chi connectivity index (χ1) is 12.3. The van der Waals surface area contributed by atoms with Crippen molar-refractivity contribution in [2.24, 2.45) is 0 Å². The van der Waals surface area contributed by atoms with Gasteiger partial charge in [-0.2, -0.15) is 0 Å². The molecule has 0 fully saturated rings. The van der Waals surface area contributed by atoms with Crippen LogP contribution in [0.15, 0.2) is 0 Å². The fourth-order valence-electron chi connectivity index (χ4n) is 1.06. The van der Waals surface area contributed by atoms with Crippen LogP contribution in [0.2, 0.25) is 0 Å². The number of carbonyl (C=O) groups is 4. The number of ketones is 2. The van der Waals surface area contributed by atoms with Crippen molar-refractivity contribution in [1.29, 1.82) is 0 Å². The maximum absolute atomic E-state index is 10.4. The number of Topliss-reactive ketones (excluding diaryl/α,β-unsaturated/α-hetero) is 2. The van der Waals surface area contributed by atoms with Crippen molar-refractivity contribution in [1.82, 2.24) is 0 Å². The van der Waals surface area contributed by atoms with Gasteiger partial charge in [-0.15, -0.1) is 11.2 Å². The molecule has 0 aromatic carbocycles. The third kappa shape index (κ3) is 100. The number of rotatable bonds is 8. The average molecular weight is 452 g/mol. The van der Waals surface area contributed by atoms with Crippen LogP contribution in [0.3, 0.4) is 0 Å². The third-order valence-corrected chi connectivity index (χ3v) is 1.74. The molecule has 0 atom stereocenters. The standard InChI is InChI=1S/2C6H10O3.2C4H9O.Ti/c2*1-2-3-5(7)4-6(8)9;2*1-4(2,3)5;/h2*2-4H2,1H3,(H,8,9);2*1-3H3;/q;;2*-1;+4/p-2. The molecule has 0 rings (SSSR count). The van der Waals surface area contributed by atoms with E-state index >= 15 is 0 Å². The topological polar surface area (TPSA) is 161 Å². The fourth-order valence-corrected chi connectivity index (χ4v) is 1.06. The summed E-state index contributed by atoms with van der Waals surface area (Å²) in [6.45, 7) is 13.4. The molecule has 9 heteroatoms. The number of carbonyl (C=O) groups excluding carboxylic acids is 4. The molecule has 0 bridgehead atoms. The molecule has 0 unspecified atom stereocenters. The quantitative estimate of drug-likeness (QED) is 0.344. The molecular formula is C20H36O8Ti. The normalized spacial score (nSPS) is 9.72. The van der Waals surface area contributed by atoms with Crippen molar-refractivity contribution in [2.75, 3.05) is 0 Å². The Morgan fingerprint density at radius 2 is 0.793 bits per heavy atom. The third-order valence-electron chi connectivity index (χ3n) is 1.74. The zero-order chi connectivity index (χ0) is 23.6. The van der Waals surface area contributed by atoms with E-state index < -0.39 is 36.0 Å². The molecule has 168 valence electrons. The summed E-state index contributed by atoms with van der Waals surface area (Å²) >= 11 is 0. The second-order valence-electron chi connectivity index (χ2n) is 7.90. The maximum Gasteiger partial charge on any atom is 4.00 e. The van der Waals surface area contributed by atoms with E-state index in [0.717, 1.165) is 0 Å². The molecule has 0 saturated heterocycles. The molecule has 0 saturated carbocycles. The number of hydrogen-bond acceptors (Lipinski definition) is 8. The molecule has 0 amide bonds. The fraction of sp³-hybridized carbons (Fsp3) is 0.800. The van der Waals surface area contributed by atoms with Crippen LogP contribution in [-0.2, 0) is 40.9 Å². The largest absolute Gasteiger partial charge is 4.00 e. The van der Waals surface area contributed by atoms with Gasteiger partial charge in [0.1, 0.15) is 11.6 Å². The van der Waals surface area contributed by atoms with E-state index in [1.807, 2.05) is 13.8 Å². The Morgan fingerprint density at radius 1 is 0.621 bits per heavy atom. The zero-order valence-corrected chi connectivity index (χ0v) is 20.6. The summed E-state index contributed by atoms with van der Waals surface area (Å²) in [5, 5.41) is 39.7. The monoisotopic (exact) mass is 452 g/mol. The molecular weight excluding hydrogens is 416 g/mol. The molecule has 0 radical (unpaired) electrons. The molecule has 8 nitrogen and oxygen atoms in total. The van der Waals surface area contributed by atoms with Crippen LogP contribution in [0.5, 0.6) is 0 Å². The first-order valence-corrected chi connectivity index (χ1v) is 9.17. The Kier molecular flexibility index (Phi) is 28.7. The van der Waals surface area contributed by atoms with Crippen molar-refractivity contribution in [2.45, 2.75) is 105 Å². The molecule has 0 aliphatic heterocycles. The van der Waals surface area contributed by atoms with Gasteiger partial charge in [-0.05, 0) is 12.8 Å². The Bertz CT molecular complexity index is 394. The Labute approximate surface area is 190 Å². The van der Waals surface area contributed by atoms with Gasteiger partial charge in [0.05, 0.1) is 0 Å². The minimum Gasteiger partial charge on any atom is -0.850 e. The van der Waals surface area contributed by atoms with Gasteiger partial charge in [-0.1, -0.05) is 55.4 Å². The summed E-state index contributed by atoms with van der Waals surface area (Å²) in [5.74, 6) is -3.07. The van der Waals surface area contributed by atoms with E-state index in [1.165, 1.54) is 0 Å². The summed E-state index contributed by atoms with van der Waals surface area (Å²) in [6, 6.07) is 0. The molecule has 0 aliphatic carbocycles. The van der Waals surface area contributed by atoms with Crippen LogP contribution < -0.4 is 20.4 Å². The maximum atomic E-state index is 10.4. The Morgan fingerprint density at radius 3 is 0.897 bits per heavy atom. The molecule has 29 heavy (non-hydrogen) atoms. The van der Waals surface area contributed by atoms with Crippen LogP contribution >= 0.6 is 0 Å². The zero-order valence-electron chi connectivity index (χ0n) is 19.0. The minimum absolute atomic E-state index is 0. The molecule has 0 N–H and O–H groups in total. The van der Waals surface area contributed by atoms with Gasteiger partial charge >= 0.3 is 21.7 Å². The van der Waals surface area contributed by atoms with Crippen molar-refractivity contribution < 1.29 is 61.3 Å². The van der Waals surface area contributed by atoms with Gasteiger partial charge < -0.3 is 30.0 Å². The van der Waals surface area contributed by atoms with Gasteiger partial charge in [0.25, 0.3) is 0 Å². The van der Waals surface area contributed by atoms with Crippen molar-refractivity contribution in [3.8, 4) is 0 Å². The van der Waals surface area contributed by atoms with Gasteiger partial charge in [-0.25, -0.2) is 0 Å². The first kappa shape index (κ1) is 38.5. The van der Waals surface area contributed by atoms with E-state index in [0.29, 0.717) is 25.7 Å². The predicted molar refractivity (Wildman–Crippen MR) is 98.6 cm³/mol. The summed E-state index contributed by atoms with van der Waals surface area (Å²) in [6.07, 6.45) is 1.21. The van der Waals surface area contributed by atoms with Crippen LogP contribution in [0, 0.1) is 0 Å². The van der Waals surface area contributed by atoms with Crippen LogP contribution in [0.25, 0.3) is 0 Å². The Hall–Kier alpha value is -1.09. The van der Waals surface area contributed by atoms with Crippen LogP contribution in [0.4, 0.5) is 0 Å². The second kappa shape index (κ2) is 21.6. The summed E-state index contributed by atoms with van der Waals surface area (Å²) < 4.78 is 0. The van der Waals surface area contributed by atoms with E-state index in [9.17, 15) is 39.6 Å². The molecule has 0 spiro atoms. The van der Waals surface area contributed by atoms with Crippen molar-refractivity contribution in [3.05, 3.63) is 0 Å². The number of hydrogen-bond donors (Lipinski definition) is 0. The van der Waals surface area contributed by atoms with Gasteiger partial charge in [0, 0.05) is 37.6 Å². The Balaban J connectivity index is -0.0000000907. The van der Waals surface area contributed by atoms with Crippen LogP contribution in [-0.4, -0.2) is 34.7 Å². The van der Waals surface area contributed by atoms with Crippen LogP contribution in [0.1, 0.15) is 93.9 Å². The van der Waals surface area contributed by atoms with E-state index in [4.69, 9.17) is 0 Å². The summed E-state index contributed by atoms with van der Waals surface area (Å²) in [5.41, 5.74) is -1.50. The summed E-state index contributed by atoms with van der Waals surface area (Å²) in [7, 11) is 0. The number of carboxylic acid groups (broad SMARTS) is 2. The molecule has 0 heterocycles. The molecule has 0 aromatic heterocycles. The second-order valence-corrected chi connectivity index (χ2v) is 7.90. The SMILES string of the molecule is CC(C)(C)[O-].CC(C)(C)[O-].CCCC(=O)CC(=O)[O-].CCCC(=O)CC(=O)[O-].[Ti+4]. The van der Waals surface area contributed by atoms with E-state index in [2.05, 4.69) is 0 Å². The minimum atomic E-state index is -1.28. The smallest absolute Gasteiger partial charge is 0.850 e. The van der Waals surface area contributed by atoms with Gasteiger partial charge in [0.2, 0.25) is 0 Å². The van der Waals surface area contributed by atoms with E-state index in [1.54, 1.807) is 41.5 Å². The van der Waals surface area contributed by atoms with Gasteiger partial charge in [-0.3, -0.25) is 9.59 Å². The first-order valence-electron chi connectivity index (χ1n) is 9.17. The average Bonchev–Trinajstić information content (AvgIpc) is 2.33. The molecule has 0 aliphatic rings. The van der Waals surface area contributed by atoms with Gasteiger partial charge in [0.15, 0.2) is 0 Å². The summed E-state index contributed by atoms with van der Waals surface area (Å²) in [4.78, 5) is 40.4. The van der Waals surface area contributed by atoms with Crippen molar-refractivity contribution >= 4 is 23.5 Å². The predicted octanol–water partition coefficient (Wildman–Crippen LogP) is -0.721. The van der Waals surface area contributed by atoms with E-state index in [-0.39, 0.29) is 33.3 Å². The molecule has 0 aromatic rings. The number of aliphatic carboxylic acids is 2. The van der Waals surface area contributed by atoms with Crippen molar-refractivity contribution in [3.63, 3.8) is 0 Å². The number of carboxylic acids is 2.